The summed E-state index contributed by atoms with van der Waals surface area (Å²) in [7, 11) is 1.40. The van der Waals surface area contributed by atoms with Gasteiger partial charge in [-0.2, -0.15) is 0 Å². The smallest absolute Gasteiger partial charge is 0.409 e. The number of aldehydes is 1. The van der Waals surface area contributed by atoms with Crippen LogP contribution in [0.4, 0.5) is 4.79 Å². The molecule has 0 aliphatic heterocycles. The van der Waals surface area contributed by atoms with E-state index in [4.69, 9.17) is 0 Å². The van der Waals surface area contributed by atoms with Gasteiger partial charge in [-0.15, -0.1) is 0 Å². The first kappa shape index (κ1) is 29.7. The Labute approximate surface area is 194 Å². The summed E-state index contributed by atoms with van der Waals surface area (Å²) < 4.78 is 4.61. The molecule has 10 nitrogen and oxygen atoms in total. The predicted octanol–water partition coefficient (Wildman–Crippen LogP) is 1.18. The Morgan fingerprint density at radius 3 is 1.91 bits per heavy atom. The number of alkyl carbamates (subject to hydrolysis) is 1. The van der Waals surface area contributed by atoms with E-state index in [1.165, 1.54) is 20.9 Å². The Balaban J connectivity index is 0.00000146. The zero-order chi connectivity index (χ0) is 25.4. The minimum Gasteiger partial charge on any atom is -0.418 e. The summed E-state index contributed by atoms with van der Waals surface area (Å²) in [6.07, 6.45) is -0.924. The van der Waals surface area contributed by atoms with Crippen molar-refractivity contribution in [2.24, 2.45) is 11.8 Å². The van der Waals surface area contributed by atoms with Gasteiger partial charge < -0.3 is 30.6 Å². The summed E-state index contributed by atoms with van der Waals surface area (Å²) in [5.74, 6) is -4.62. The van der Waals surface area contributed by atoms with Crippen LogP contribution in [0.25, 0.3) is 0 Å². The number of benzene rings is 1. The molecule has 0 bridgehead atoms. The van der Waals surface area contributed by atoms with Crippen molar-refractivity contribution >= 4 is 30.0 Å². The fraction of sp³-hybridized carbons (Fsp3) is 0.522. The fourth-order valence-electron chi connectivity index (χ4n) is 2.49. The number of hydrogen-bond acceptors (Lipinski definition) is 7. The van der Waals surface area contributed by atoms with E-state index in [0.29, 0.717) is 6.29 Å². The second-order valence-electron chi connectivity index (χ2n) is 7.98. The normalized spacial score (nSPS) is 12.3. The number of carbonyl (C=O) groups excluding carboxylic acids is 5. The minimum absolute atomic E-state index is 0.0743. The monoisotopic (exact) mass is 465 g/mol. The van der Waals surface area contributed by atoms with Gasteiger partial charge in [-0.05, 0) is 5.92 Å². The van der Waals surface area contributed by atoms with Crippen molar-refractivity contribution in [2.75, 3.05) is 13.6 Å². The van der Waals surface area contributed by atoms with Crippen LogP contribution in [0.3, 0.4) is 0 Å². The van der Waals surface area contributed by atoms with E-state index in [-0.39, 0.29) is 25.3 Å². The number of ether oxygens (including phenoxy) is 1. The molecule has 0 heterocycles. The van der Waals surface area contributed by atoms with Crippen LogP contribution in [0.1, 0.15) is 40.5 Å². The number of rotatable bonds is 11. The van der Waals surface area contributed by atoms with Gasteiger partial charge in [-0.1, -0.05) is 50.2 Å². The van der Waals surface area contributed by atoms with Gasteiger partial charge in [0.15, 0.2) is 5.78 Å². The van der Waals surface area contributed by atoms with Gasteiger partial charge in [-0.3, -0.25) is 14.4 Å². The van der Waals surface area contributed by atoms with E-state index in [1.807, 2.05) is 36.4 Å². The molecule has 10 heteroatoms. The van der Waals surface area contributed by atoms with Gasteiger partial charge in [-0.25, -0.2) is 4.79 Å². The molecular formula is C23H35N3O7. The molecule has 0 saturated heterocycles. The van der Waals surface area contributed by atoms with Gasteiger partial charge in [0.05, 0.1) is 12.0 Å². The SMILES string of the molecule is CNC(=O)CC(C=O)C(=O)C(NC(=O)CCNC(=O)OC(C)(C)O)C(C)C.c1ccccc1. The molecule has 0 aliphatic rings. The third-order valence-electron chi connectivity index (χ3n) is 4.13. The van der Waals surface area contributed by atoms with Crippen LogP contribution in [-0.4, -0.2) is 60.5 Å². The summed E-state index contributed by atoms with van der Waals surface area (Å²) in [6, 6.07) is 11.1. The Hall–Kier alpha value is -3.27. The summed E-state index contributed by atoms with van der Waals surface area (Å²) in [5.41, 5.74) is 0. The molecule has 1 rings (SSSR count). The van der Waals surface area contributed by atoms with Crippen molar-refractivity contribution < 1.29 is 33.8 Å². The maximum atomic E-state index is 12.5. The molecule has 0 spiro atoms. The van der Waals surface area contributed by atoms with E-state index in [1.54, 1.807) is 13.8 Å². The van der Waals surface area contributed by atoms with Crippen LogP contribution in [-0.2, 0) is 23.9 Å². The molecule has 2 atom stereocenters. The Kier molecular flexibility index (Phi) is 14.0. The van der Waals surface area contributed by atoms with Crippen LogP contribution in [0.15, 0.2) is 36.4 Å². The van der Waals surface area contributed by atoms with Crippen LogP contribution in [0, 0.1) is 11.8 Å². The summed E-state index contributed by atoms with van der Waals surface area (Å²) in [6.45, 7) is 5.88. The van der Waals surface area contributed by atoms with Crippen LogP contribution < -0.4 is 16.0 Å². The maximum Gasteiger partial charge on any atom is 0.409 e. The van der Waals surface area contributed by atoms with Crippen molar-refractivity contribution in [3.05, 3.63) is 36.4 Å². The second-order valence-corrected chi connectivity index (χ2v) is 7.98. The van der Waals surface area contributed by atoms with Crippen molar-refractivity contribution in [3.63, 3.8) is 0 Å². The lowest BCUT2D eigenvalue weighted by atomic mass is 9.89. The van der Waals surface area contributed by atoms with Crippen molar-refractivity contribution in [3.8, 4) is 0 Å². The van der Waals surface area contributed by atoms with E-state index in [9.17, 15) is 29.1 Å². The lowest BCUT2D eigenvalue weighted by molar-refractivity contribution is -0.136. The zero-order valence-electron chi connectivity index (χ0n) is 19.8. The first-order valence-electron chi connectivity index (χ1n) is 10.6. The molecule has 0 radical (unpaired) electrons. The third-order valence-corrected chi connectivity index (χ3v) is 4.13. The average molecular weight is 466 g/mol. The fourth-order valence-corrected chi connectivity index (χ4v) is 2.49. The number of Topliss-reactive ketones (excluding diaryl/α,β-unsaturated/α-hetero) is 1. The molecule has 0 aliphatic carbocycles. The third kappa shape index (κ3) is 14.4. The number of nitrogens with one attached hydrogen (secondary N) is 3. The van der Waals surface area contributed by atoms with Crippen LogP contribution in [0.2, 0.25) is 0 Å². The number of hydrogen-bond donors (Lipinski definition) is 4. The molecule has 0 fully saturated rings. The Bertz CT molecular complexity index is 734. The largest absolute Gasteiger partial charge is 0.418 e. The molecule has 1 aromatic carbocycles. The molecule has 184 valence electrons. The van der Waals surface area contributed by atoms with Crippen LogP contribution in [0.5, 0.6) is 0 Å². The lowest BCUT2D eigenvalue weighted by Gasteiger charge is -2.23. The van der Waals surface area contributed by atoms with Gasteiger partial charge in [0.2, 0.25) is 17.6 Å². The number of ketones is 1. The molecule has 4 N–H and O–H groups in total. The molecule has 0 saturated carbocycles. The number of amides is 3. The first-order valence-corrected chi connectivity index (χ1v) is 10.6. The Morgan fingerprint density at radius 2 is 1.52 bits per heavy atom. The standard InChI is InChI=1S/C17H29N3O7.C6H6/c1-10(2)14(15(24)11(9-21)8-13(23)18-5)20-12(22)6-7-19-16(25)27-17(3,4)26;1-2-4-6-5-3-1/h9-11,14,26H,6-8H2,1-5H3,(H,18,23)(H,19,25)(H,20,22);1-6H. The highest BCUT2D eigenvalue weighted by atomic mass is 16.7. The highest BCUT2D eigenvalue weighted by Crippen LogP contribution is 2.12. The quantitative estimate of drug-likeness (QED) is 0.218. The summed E-state index contributed by atoms with van der Waals surface area (Å²) >= 11 is 0. The average Bonchev–Trinajstić information content (AvgIpc) is 2.75. The maximum absolute atomic E-state index is 12.5. The summed E-state index contributed by atoms with van der Waals surface area (Å²) in [4.78, 5) is 58.5. The number of aliphatic hydroxyl groups is 1. The van der Waals surface area contributed by atoms with Gasteiger partial charge in [0.1, 0.15) is 6.29 Å². The minimum atomic E-state index is -1.64. The first-order chi connectivity index (χ1) is 15.4. The summed E-state index contributed by atoms with van der Waals surface area (Å²) in [5, 5.41) is 16.5. The molecular weight excluding hydrogens is 430 g/mol. The molecule has 33 heavy (non-hydrogen) atoms. The molecule has 1 aromatic rings. The highest BCUT2D eigenvalue weighted by molar-refractivity contribution is 6.01. The van der Waals surface area contributed by atoms with Crippen molar-refractivity contribution in [2.45, 2.75) is 52.4 Å². The Morgan fingerprint density at radius 1 is 1.00 bits per heavy atom. The molecule has 0 aromatic heterocycles. The molecule has 2 unspecified atom stereocenters. The van der Waals surface area contributed by atoms with E-state index in [0.717, 1.165) is 0 Å². The zero-order valence-corrected chi connectivity index (χ0v) is 19.8. The van der Waals surface area contributed by atoms with E-state index in [2.05, 4.69) is 20.7 Å². The lowest BCUT2D eigenvalue weighted by Crippen LogP contribution is -2.48. The van der Waals surface area contributed by atoms with Gasteiger partial charge >= 0.3 is 6.09 Å². The van der Waals surface area contributed by atoms with Gasteiger partial charge in [0, 0.05) is 40.3 Å². The predicted molar refractivity (Wildman–Crippen MR) is 122 cm³/mol. The van der Waals surface area contributed by atoms with Crippen molar-refractivity contribution in [1.29, 1.82) is 0 Å². The van der Waals surface area contributed by atoms with Gasteiger partial charge in [0.25, 0.3) is 0 Å². The topological polar surface area (TPSA) is 151 Å². The van der Waals surface area contributed by atoms with Crippen LogP contribution >= 0.6 is 0 Å². The van der Waals surface area contributed by atoms with E-state index >= 15 is 0 Å². The highest BCUT2D eigenvalue weighted by Gasteiger charge is 2.31. The van der Waals surface area contributed by atoms with Crippen molar-refractivity contribution in [1.82, 2.24) is 16.0 Å². The second kappa shape index (κ2) is 15.5. The number of carbonyl (C=O) groups is 5. The van der Waals surface area contributed by atoms with E-state index < -0.39 is 41.4 Å². The molecule has 3 amide bonds.